The molecular weight excluding hydrogens is 264 g/mol. The van der Waals surface area contributed by atoms with Crippen LogP contribution in [0.2, 0.25) is 0 Å². The molecule has 1 nitrogen and oxygen atoms in total. The molecule has 0 saturated heterocycles. The van der Waals surface area contributed by atoms with E-state index in [4.69, 9.17) is 6.42 Å². The highest BCUT2D eigenvalue weighted by atomic mass is 79.9. The van der Waals surface area contributed by atoms with E-state index >= 15 is 0 Å². The number of benzene rings is 1. The molecule has 0 amide bonds. The molecule has 1 aromatic carbocycles. The van der Waals surface area contributed by atoms with Gasteiger partial charge in [0.05, 0.1) is 5.69 Å². The Hall–Kier alpha value is -1.08. The molecule has 80 valence electrons. The Labute approximate surface area is 96.0 Å². The Balaban J connectivity index is 2.65. The summed E-state index contributed by atoms with van der Waals surface area (Å²) in [6.07, 6.45) is 6.46. The van der Waals surface area contributed by atoms with Crippen molar-refractivity contribution in [1.82, 2.24) is 0 Å². The highest BCUT2D eigenvalue weighted by molar-refractivity contribution is 9.10. The van der Waals surface area contributed by atoms with Crippen LogP contribution in [-0.4, -0.2) is 6.54 Å². The first kappa shape index (κ1) is 12.0. The summed E-state index contributed by atoms with van der Waals surface area (Å²) in [7, 11) is 0. The summed E-state index contributed by atoms with van der Waals surface area (Å²) < 4.78 is 26.4. The van der Waals surface area contributed by atoms with E-state index in [0.29, 0.717) is 17.4 Å². The van der Waals surface area contributed by atoms with Crippen LogP contribution >= 0.6 is 15.9 Å². The smallest absolute Gasteiger partial charge is 0.150 e. The minimum absolute atomic E-state index is 0.272. The second-order valence-electron chi connectivity index (χ2n) is 2.98. The number of unbranched alkanes of at least 4 members (excludes halogenated alkanes) is 1. The van der Waals surface area contributed by atoms with Crippen LogP contribution in [0.4, 0.5) is 14.5 Å². The third-order valence-corrected chi connectivity index (χ3v) is 2.43. The predicted octanol–water partition coefficient (Wildman–Crippen LogP) is 3.55. The molecule has 0 heterocycles. The Morgan fingerprint density at radius 1 is 1.40 bits per heavy atom. The van der Waals surface area contributed by atoms with Crippen LogP contribution in [0.5, 0.6) is 0 Å². The predicted molar refractivity (Wildman–Crippen MR) is 60.6 cm³/mol. The first-order chi connectivity index (χ1) is 7.15. The average Bonchev–Trinajstić information content (AvgIpc) is 2.15. The van der Waals surface area contributed by atoms with Crippen molar-refractivity contribution < 1.29 is 8.78 Å². The number of nitrogens with one attached hydrogen (secondary N) is 1. The number of anilines is 1. The third-order valence-electron chi connectivity index (χ3n) is 1.81. The highest BCUT2D eigenvalue weighted by Gasteiger charge is 2.08. The first-order valence-electron chi connectivity index (χ1n) is 4.47. The third kappa shape index (κ3) is 3.52. The lowest BCUT2D eigenvalue weighted by Gasteiger charge is -2.08. The van der Waals surface area contributed by atoms with E-state index in [9.17, 15) is 8.78 Å². The number of terminal acetylenes is 1. The summed E-state index contributed by atoms with van der Waals surface area (Å²) in [5.41, 5.74) is 0.272. The van der Waals surface area contributed by atoms with Gasteiger partial charge in [-0.1, -0.05) is 0 Å². The van der Waals surface area contributed by atoms with E-state index in [1.54, 1.807) is 0 Å². The molecule has 0 aliphatic carbocycles. The number of hydrogen-bond acceptors (Lipinski definition) is 1. The van der Waals surface area contributed by atoms with Crippen molar-refractivity contribution in [3.05, 3.63) is 28.2 Å². The summed E-state index contributed by atoms with van der Waals surface area (Å²) in [5, 5.41) is 2.86. The molecule has 1 aromatic rings. The van der Waals surface area contributed by atoms with E-state index < -0.39 is 11.6 Å². The van der Waals surface area contributed by atoms with Gasteiger partial charge in [0.2, 0.25) is 0 Å². The molecule has 0 unspecified atom stereocenters. The van der Waals surface area contributed by atoms with Crippen LogP contribution in [0.15, 0.2) is 16.6 Å². The largest absolute Gasteiger partial charge is 0.382 e. The standard InChI is InChI=1S/C11H10BrF2N/c1-2-3-4-5-15-11-9(12)6-8(13)7-10(11)14/h1,6-7,15H,3-5H2. The fraction of sp³-hybridized carbons (Fsp3) is 0.273. The molecule has 0 spiro atoms. The number of hydrogen-bond donors (Lipinski definition) is 1. The molecule has 0 atom stereocenters. The summed E-state index contributed by atoms with van der Waals surface area (Å²) >= 11 is 3.08. The Morgan fingerprint density at radius 3 is 2.73 bits per heavy atom. The molecule has 1 rings (SSSR count). The Bertz CT molecular complexity index is 362. The molecule has 0 fully saturated rings. The van der Waals surface area contributed by atoms with Crippen molar-refractivity contribution in [3.8, 4) is 12.3 Å². The van der Waals surface area contributed by atoms with Crippen molar-refractivity contribution in [2.45, 2.75) is 12.8 Å². The van der Waals surface area contributed by atoms with Crippen LogP contribution < -0.4 is 5.32 Å². The lowest BCUT2D eigenvalue weighted by atomic mass is 10.2. The molecule has 0 saturated carbocycles. The maximum Gasteiger partial charge on any atom is 0.150 e. The maximum atomic E-state index is 13.2. The van der Waals surface area contributed by atoms with Crippen molar-refractivity contribution >= 4 is 21.6 Å². The van der Waals surface area contributed by atoms with Crippen molar-refractivity contribution in [3.63, 3.8) is 0 Å². The van der Waals surface area contributed by atoms with E-state index in [2.05, 4.69) is 27.2 Å². The fourth-order valence-corrected chi connectivity index (χ4v) is 1.66. The summed E-state index contributed by atoms with van der Waals surface area (Å²) in [5.74, 6) is 1.27. The van der Waals surface area contributed by atoms with E-state index in [0.717, 1.165) is 12.5 Å². The normalized spacial score (nSPS) is 9.73. The molecule has 0 aliphatic heterocycles. The zero-order valence-corrected chi connectivity index (χ0v) is 9.57. The SMILES string of the molecule is C#CCCCNc1c(F)cc(F)cc1Br. The molecule has 0 bridgehead atoms. The van der Waals surface area contributed by atoms with Gasteiger partial charge in [-0.25, -0.2) is 8.78 Å². The van der Waals surface area contributed by atoms with Gasteiger partial charge in [0.15, 0.2) is 0 Å². The lowest BCUT2D eigenvalue weighted by molar-refractivity contribution is 0.583. The van der Waals surface area contributed by atoms with Crippen LogP contribution in [0.1, 0.15) is 12.8 Å². The molecule has 15 heavy (non-hydrogen) atoms. The second kappa shape index (κ2) is 5.72. The highest BCUT2D eigenvalue weighted by Crippen LogP contribution is 2.26. The molecule has 1 N–H and O–H groups in total. The van der Waals surface area contributed by atoms with Gasteiger partial charge in [0.1, 0.15) is 11.6 Å². The molecule has 0 aromatic heterocycles. The quantitative estimate of drug-likeness (QED) is 0.654. The molecule has 4 heteroatoms. The van der Waals surface area contributed by atoms with Gasteiger partial charge in [-0.05, 0) is 28.4 Å². The average molecular weight is 274 g/mol. The van der Waals surface area contributed by atoms with Crippen LogP contribution in [-0.2, 0) is 0 Å². The van der Waals surface area contributed by atoms with E-state index in [-0.39, 0.29) is 5.69 Å². The maximum absolute atomic E-state index is 13.2. The van der Waals surface area contributed by atoms with Crippen molar-refractivity contribution in [1.29, 1.82) is 0 Å². The van der Waals surface area contributed by atoms with Gasteiger partial charge in [0.25, 0.3) is 0 Å². The fourth-order valence-electron chi connectivity index (χ4n) is 1.11. The number of halogens is 3. The van der Waals surface area contributed by atoms with E-state index in [1.165, 1.54) is 6.07 Å². The van der Waals surface area contributed by atoms with Gasteiger partial charge < -0.3 is 5.32 Å². The van der Waals surface area contributed by atoms with Gasteiger partial charge in [-0.2, -0.15) is 0 Å². The summed E-state index contributed by atoms with van der Waals surface area (Å²) in [4.78, 5) is 0. The molecule has 0 radical (unpaired) electrons. The van der Waals surface area contributed by atoms with Gasteiger partial charge in [-0.15, -0.1) is 12.3 Å². The van der Waals surface area contributed by atoms with Crippen molar-refractivity contribution in [2.75, 3.05) is 11.9 Å². The zero-order chi connectivity index (χ0) is 11.3. The second-order valence-corrected chi connectivity index (χ2v) is 3.83. The minimum Gasteiger partial charge on any atom is -0.382 e. The van der Waals surface area contributed by atoms with Crippen LogP contribution in [0.25, 0.3) is 0 Å². The van der Waals surface area contributed by atoms with Crippen LogP contribution in [0.3, 0.4) is 0 Å². The Kier molecular flexibility index (Phi) is 4.57. The van der Waals surface area contributed by atoms with Crippen molar-refractivity contribution in [2.24, 2.45) is 0 Å². The minimum atomic E-state index is -0.609. The van der Waals surface area contributed by atoms with Gasteiger partial charge in [-0.3, -0.25) is 0 Å². The number of rotatable bonds is 4. The lowest BCUT2D eigenvalue weighted by Crippen LogP contribution is -2.04. The summed E-state index contributed by atoms with van der Waals surface area (Å²) in [6.45, 7) is 0.561. The summed E-state index contributed by atoms with van der Waals surface area (Å²) in [6, 6.07) is 2.06. The van der Waals surface area contributed by atoms with Crippen LogP contribution in [0, 0.1) is 24.0 Å². The topological polar surface area (TPSA) is 12.0 Å². The Morgan fingerprint density at radius 2 is 2.13 bits per heavy atom. The van der Waals surface area contributed by atoms with E-state index in [1.807, 2.05) is 0 Å². The van der Waals surface area contributed by atoms with Gasteiger partial charge in [0, 0.05) is 23.5 Å². The first-order valence-corrected chi connectivity index (χ1v) is 5.26. The zero-order valence-electron chi connectivity index (χ0n) is 7.99. The monoisotopic (exact) mass is 273 g/mol. The van der Waals surface area contributed by atoms with Gasteiger partial charge >= 0.3 is 0 Å². The molecule has 0 aliphatic rings. The molecular formula is C11H10BrF2N.